The molecule has 25 heavy (non-hydrogen) atoms. The van der Waals surface area contributed by atoms with Crippen LogP contribution < -0.4 is 4.74 Å². The largest absolute Gasteiger partial charge is 0.491 e. The predicted molar refractivity (Wildman–Crippen MR) is 97.8 cm³/mol. The molecule has 1 aromatic heterocycles. The van der Waals surface area contributed by atoms with Gasteiger partial charge in [0.15, 0.2) is 5.16 Å². The molecular formula is C19H25FN2O2S. The van der Waals surface area contributed by atoms with E-state index in [2.05, 4.69) is 16.5 Å². The second-order valence-electron chi connectivity index (χ2n) is 6.60. The molecule has 1 aliphatic carbocycles. The maximum atomic E-state index is 12.9. The van der Waals surface area contributed by atoms with Crippen LogP contribution >= 0.6 is 11.8 Å². The molecule has 136 valence electrons. The van der Waals surface area contributed by atoms with Crippen molar-refractivity contribution in [1.82, 2.24) is 9.55 Å². The maximum Gasteiger partial charge on any atom is 0.168 e. The van der Waals surface area contributed by atoms with Gasteiger partial charge in [-0.15, -0.1) is 0 Å². The average Bonchev–Trinajstić information content (AvgIpc) is 3.21. The number of rotatable bonds is 7. The Kier molecular flexibility index (Phi) is 6.02. The third-order valence-corrected chi connectivity index (χ3v) is 5.80. The van der Waals surface area contributed by atoms with Gasteiger partial charge in [-0.05, 0) is 51.0 Å². The van der Waals surface area contributed by atoms with E-state index in [-0.39, 0.29) is 12.4 Å². The fourth-order valence-corrected chi connectivity index (χ4v) is 4.30. The zero-order valence-corrected chi connectivity index (χ0v) is 15.6. The number of thioether (sulfide) groups is 1. The molecule has 0 amide bonds. The van der Waals surface area contributed by atoms with Crippen LogP contribution in [-0.4, -0.2) is 33.1 Å². The molecular weight excluding hydrogens is 339 g/mol. The molecule has 0 radical (unpaired) electrons. The topological polar surface area (TPSA) is 47.3 Å². The lowest BCUT2D eigenvalue weighted by Crippen LogP contribution is -2.20. The summed E-state index contributed by atoms with van der Waals surface area (Å²) in [5.74, 6) is 0.779. The molecule has 1 heterocycles. The lowest BCUT2D eigenvalue weighted by molar-refractivity contribution is 0.126. The van der Waals surface area contributed by atoms with Gasteiger partial charge in [0.05, 0.1) is 11.8 Å². The summed E-state index contributed by atoms with van der Waals surface area (Å²) in [6.45, 7) is 4.35. The van der Waals surface area contributed by atoms with Crippen LogP contribution in [0.15, 0.2) is 29.4 Å². The number of aliphatic hydroxyl groups is 1. The first kappa shape index (κ1) is 18.3. The summed E-state index contributed by atoms with van der Waals surface area (Å²) >= 11 is 1.58. The fraction of sp³-hybridized carbons (Fsp3) is 0.526. The van der Waals surface area contributed by atoms with E-state index in [0.29, 0.717) is 17.5 Å². The molecule has 6 heteroatoms. The zero-order chi connectivity index (χ0) is 17.8. The second kappa shape index (κ2) is 8.23. The third-order valence-electron chi connectivity index (χ3n) is 4.71. The highest BCUT2D eigenvalue weighted by molar-refractivity contribution is 7.99. The van der Waals surface area contributed by atoms with Crippen molar-refractivity contribution in [3.8, 4) is 5.75 Å². The normalized spacial score (nSPS) is 16.3. The molecule has 1 fully saturated rings. The van der Waals surface area contributed by atoms with Gasteiger partial charge in [-0.25, -0.2) is 9.37 Å². The molecule has 2 aromatic rings. The number of aryl methyl sites for hydroxylation is 1. The van der Waals surface area contributed by atoms with Crippen molar-refractivity contribution < 1.29 is 14.2 Å². The first-order valence-electron chi connectivity index (χ1n) is 8.79. The van der Waals surface area contributed by atoms with E-state index in [1.807, 2.05) is 6.92 Å². The van der Waals surface area contributed by atoms with Crippen LogP contribution in [0.1, 0.15) is 43.1 Å². The van der Waals surface area contributed by atoms with Gasteiger partial charge in [-0.2, -0.15) is 0 Å². The summed E-state index contributed by atoms with van der Waals surface area (Å²) in [4.78, 5) is 4.69. The van der Waals surface area contributed by atoms with Gasteiger partial charge in [-0.3, -0.25) is 0 Å². The van der Waals surface area contributed by atoms with Crippen LogP contribution in [0.5, 0.6) is 5.75 Å². The van der Waals surface area contributed by atoms with E-state index in [1.54, 1.807) is 23.9 Å². The summed E-state index contributed by atoms with van der Waals surface area (Å²) in [6, 6.07) is 6.36. The van der Waals surface area contributed by atoms with Crippen molar-refractivity contribution in [1.29, 1.82) is 0 Å². The molecule has 0 saturated heterocycles. The summed E-state index contributed by atoms with van der Waals surface area (Å²) in [6.07, 6.45) is 4.37. The Morgan fingerprint density at radius 2 is 1.96 bits per heavy atom. The molecule has 3 rings (SSSR count). The number of hydrogen-bond donors (Lipinski definition) is 1. The first-order chi connectivity index (χ1) is 12.0. The van der Waals surface area contributed by atoms with Gasteiger partial charge in [0, 0.05) is 17.5 Å². The maximum absolute atomic E-state index is 12.9. The van der Waals surface area contributed by atoms with Crippen molar-refractivity contribution in [2.24, 2.45) is 0 Å². The van der Waals surface area contributed by atoms with E-state index in [4.69, 9.17) is 4.74 Å². The molecule has 1 atom stereocenters. The number of imidazole rings is 1. The zero-order valence-electron chi connectivity index (χ0n) is 14.7. The predicted octanol–water partition coefficient (Wildman–Crippen LogP) is 4.29. The summed E-state index contributed by atoms with van der Waals surface area (Å²) in [5.41, 5.74) is 2.29. The van der Waals surface area contributed by atoms with E-state index in [1.165, 1.54) is 43.5 Å². The molecule has 1 aliphatic rings. The minimum atomic E-state index is -0.607. The Labute approximate surface area is 152 Å². The van der Waals surface area contributed by atoms with E-state index < -0.39 is 6.10 Å². The van der Waals surface area contributed by atoms with Gasteiger partial charge in [0.2, 0.25) is 0 Å². The fourth-order valence-electron chi connectivity index (χ4n) is 3.23. The molecule has 4 nitrogen and oxygen atoms in total. The minimum absolute atomic E-state index is 0.181. The Morgan fingerprint density at radius 3 is 2.64 bits per heavy atom. The Bertz CT molecular complexity index is 696. The lowest BCUT2D eigenvalue weighted by Gasteiger charge is -2.18. The first-order valence-corrected chi connectivity index (χ1v) is 9.78. The average molecular weight is 364 g/mol. The molecule has 1 aromatic carbocycles. The number of hydrogen-bond acceptors (Lipinski definition) is 4. The summed E-state index contributed by atoms with van der Waals surface area (Å²) in [7, 11) is 0. The number of benzene rings is 1. The van der Waals surface area contributed by atoms with E-state index >= 15 is 0 Å². The molecule has 0 aliphatic heterocycles. The van der Waals surface area contributed by atoms with Crippen LogP contribution in [0, 0.1) is 19.7 Å². The standard InChI is InChI=1S/C19H25FN2O2S/c1-13-14(2)22(16-5-3-4-6-16)19(21-13)25-12-17(23)11-24-18-9-7-15(20)8-10-18/h7-10,16-17,23H,3-6,11-12H2,1-2H3. The van der Waals surface area contributed by atoms with Crippen molar-refractivity contribution in [3.05, 3.63) is 41.5 Å². The molecule has 0 spiro atoms. The van der Waals surface area contributed by atoms with Gasteiger partial charge in [0.1, 0.15) is 18.2 Å². The van der Waals surface area contributed by atoms with Crippen LogP contribution in [0.2, 0.25) is 0 Å². The smallest absolute Gasteiger partial charge is 0.168 e. The summed E-state index contributed by atoms with van der Waals surface area (Å²) in [5, 5.41) is 11.2. The number of ether oxygens (including phenoxy) is 1. The molecule has 1 unspecified atom stereocenters. The lowest BCUT2D eigenvalue weighted by atomic mass is 10.2. The molecule has 0 bridgehead atoms. The van der Waals surface area contributed by atoms with E-state index in [0.717, 1.165) is 10.9 Å². The second-order valence-corrected chi connectivity index (χ2v) is 7.59. The van der Waals surface area contributed by atoms with Crippen LogP contribution in [0.3, 0.4) is 0 Å². The summed E-state index contributed by atoms with van der Waals surface area (Å²) < 4.78 is 20.7. The van der Waals surface area contributed by atoms with Crippen molar-refractivity contribution in [2.75, 3.05) is 12.4 Å². The third kappa shape index (κ3) is 4.55. The Hall–Kier alpha value is -1.53. The van der Waals surface area contributed by atoms with Crippen LogP contribution in [0.4, 0.5) is 4.39 Å². The van der Waals surface area contributed by atoms with Crippen molar-refractivity contribution >= 4 is 11.8 Å². The number of nitrogens with zero attached hydrogens (tertiary/aromatic N) is 2. The van der Waals surface area contributed by atoms with Gasteiger partial charge in [0.25, 0.3) is 0 Å². The highest BCUT2D eigenvalue weighted by Crippen LogP contribution is 2.35. The SMILES string of the molecule is Cc1nc(SCC(O)COc2ccc(F)cc2)n(C2CCCC2)c1C. The molecule has 1 N–H and O–H groups in total. The van der Waals surface area contributed by atoms with Crippen LogP contribution in [-0.2, 0) is 0 Å². The van der Waals surface area contributed by atoms with Crippen molar-refractivity contribution in [2.45, 2.75) is 56.8 Å². The van der Waals surface area contributed by atoms with Gasteiger partial charge >= 0.3 is 0 Å². The van der Waals surface area contributed by atoms with E-state index in [9.17, 15) is 9.50 Å². The Morgan fingerprint density at radius 1 is 1.28 bits per heavy atom. The molecule has 1 saturated carbocycles. The minimum Gasteiger partial charge on any atom is -0.491 e. The highest BCUT2D eigenvalue weighted by atomic mass is 32.2. The van der Waals surface area contributed by atoms with Crippen molar-refractivity contribution in [3.63, 3.8) is 0 Å². The van der Waals surface area contributed by atoms with Gasteiger partial charge in [-0.1, -0.05) is 24.6 Å². The van der Waals surface area contributed by atoms with Gasteiger partial charge < -0.3 is 14.4 Å². The number of aliphatic hydroxyl groups excluding tert-OH is 1. The highest BCUT2D eigenvalue weighted by Gasteiger charge is 2.23. The number of halogens is 1. The Balaban J connectivity index is 1.55. The quantitative estimate of drug-likeness (QED) is 0.745. The van der Waals surface area contributed by atoms with Crippen LogP contribution in [0.25, 0.3) is 0 Å². The number of aromatic nitrogens is 2. The monoisotopic (exact) mass is 364 g/mol.